The Labute approximate surface area is 145 Å². The lowest BCUT2D eigenvalue weighted by atomic mass is 10.2. The highest BCUT2D eigenvalue weighted by molar-refractivity contribution is 5.80. The normalized spacial score (nSPS) is 11.2. The highest BCUT2D eigenvalue weighted by Crippen LogP contribution is 2.11. The molecule has 1 aromatic carbocycles. The summed E-state index contributed by atoms with van der Waals surface area (Å²) in [5.41, 5.74) is 4.32. The predicted octanol–water partition coefficient (Wildman–Crippen LogP) is 2.27. The third kappa shape index (κ3) is 4.07. The van der Waals surface area contributed by atoms with Crippen molar-refractivity contribution in [1.82, 2.24) is 14.5 Å². The monoisotopic (exact) mass is 337 g/mol. The molecule has 0 atom stereocenters. The van der Waals surface area contributed by atoms with E-state index < -0.39 is 0 Å². The molecule has 0 aliphatic rings. The van der Waals surface area contributed by atoms with Gasteiger partial charge in [0.25, 0.3) is 5.56 Å². The first-order chi connectivity index (χ1) is 12.3. The second-order valence-electron chi connectivity index (χ2n) is 5.41. The number of para-hydroxylation sites is 1. The van der Waals surface area contributed by atoms with Crippen LogP contribution in [0.2, 0.25) is 0 Å². The molecule has 0 saturated heterocycles. The standard InChI is InChI=1S/C18H19N5O2/c1-25-12-4-11-23-17(24)15-5-2-3-6-16(15)21-18(23)22-20-13-14-7-9-19-10-8-14/h2-3,5-10,13H,4,11-12H2,1H3,(H,21,22)/b20-13-. The molecule has 2 aromatic heterocycles. The van der Waals surface area contributed by atoms with Crippen LogP contribution in [0.1, 0.15) is 12.0 Å². The summed E-state index contributed by atoms with van der Waals surface area (Å²) in [6.07, 6.45) is 5.74. The van der Waals surface area contributed by atoms with Crippen molar-refractivity contribution in [2.75, 3.05) is 19.1 Å². The molecule has 3 aromatic rings. The molecule has 0 saturated carbocycles. The molecule has 128 valence electrons. The van der Waals surface area contributed by atoms with Crippen LogP contribution in [0.25, 0.3) is 10.9 Å². The quantitative estimate of drug-likeness (QED) is 0.406. The first-order valence-electron chi connectivity index (χ1n) is 7.97. The molecular formula is C18H19N5O2. The number of hydrogen-bond donors (Lipinski definition) is 1. The molecule has 0 spiro atoms. The van der Waals surface area contributed by atoms with Gasteiger partial charge in [0.05, 0.1) is 17.1 Å². The molecule has 0 fully saturated rings. The lowest BCUT2D eigenvalue weighted by molar-refractivity contribution is 0.190. The van der Waals surface area contributed by atoms with Crippen LogP contribution >= 0.6 is 0 Å². The van der Waals surface area contributed by atoms with Crippen molar-refractivity contribution in [3.8, 4) is 0 Å². The molecule has 0 bridgehead atoms. The number of pyridine rings is 1. The van der Waals surface area contributed by atoms with Gasteiger partial charge in [0.15, 0.2) is 0 Å². The van der Waals surface area contributed by atoms with E-state index in [0.29, 0.717) is 36.4 Å². The number of methoxy groups -OCH3 is 1. The maximum atomic E-state index is 12.8. The zero-order valence-electron chi connectivity index (χ0n) is 13.9. The van der Waals surface area contributed by atoms with Gasteiger partial charge in [-0.2, -0.15) is 5.10 Å². The minimum absolute atomic E-state index is 0.0942. The Balaban J connectivity index is 1.92. The summed E-state index contributed by atoms with van der Waals surface area (Å²) in [4.78, 5) is 21.3. The highest BCUT2D eigenvalue weighted by atomic mass is 16.5. The summed E-state index contributed by atoms with van der Waals surface area (Å²) in [6, 6.07) is 11.0. The molecule has 0 amide bonds. The van der Waals surface area contributed by atoms with Crippen LogP contribution in [-0.2, 0) is 11.3 Å². The van der Waals surface area contributed by atoms with Crippen LogP contribution in [0, 0.1) is 0 Å². The Hall–Kier alpha value is -3.06. The van der Waals surface area contributed by atoms with Gasteiger partial charge in [-0.1, -0.05) is 12.1 Å². The van der Waals surface area contributed by atoms with Gasteiger partial charge in [-0.3, -0.25) is 14.3 Å². The van der Waals surface area contributed by atoms with Gasteiger partial charge in [0.2, 0.25) is 5.95 Å². The fourth-order valence-corrected chi connectivity index (χ4v) is 2.44. The average molecular weight is 337 g/mol. The SMILES string of the molecule is COCCCn1c(N/N=C\c2ccncc2)nc2ccccc2c1=O. The van der Waals surface area contributed by atoms with Crippen molar-refractivity contribution in [2.45, 2.75) is 13.0 Å². The van der Waals surface area contributed by atoms with Crippen molar-refractivity contribution in [3.63, 3.8) is 0 Å². The fraction of sp³-hybridized carbons (Fsp3) is 0.222. The number of fused-ring (bicyclic) bond motifs is 1. The second kappa shape index (κ2) is 8.16. The molecule has 7 nitrogen and oxygen atoms in total. The van der Waals surface area contributed by atoms with Gasteiger partial charge in [-0.15, -0.1) is 0 Å². The zero-order valence-corrected chi connectivity index (χ0v) is 13.9. The molecule has 0 radical (unpaired) electrons. The first kappa shape index (κ1) is 16.8. The predicted molar refractivity (Wildman–Crippen MR) is 97.9 cm³/mol. The third-order valence-electron chi connectivity index (χ3n) is 3.68. The van der Waals surface area contributed by atoms with Gasteiger partial charge in [0, 0.05) is 32.7 Å². The van der Waals surface area contributed by atoms with E-state index in [1.807, 2.05) is 30.3 Å². The number of benzene rings is 1. The molecule has 1 N–H and O–H groups in total. The number of nitrogens with one attached hydrogen (secondary N) is 1. The Morgan fingerprint density at radius 2 is 2.04 bits per heavy atom. The highest BCUT2D eigenvalue weighted by Gasteiger charge is 2.10. The number of hydrogen-bond acceptors (Lipinski definition) is 6. The zero-order chi connectivity index (χ0) is 17.5. The van der Waals surface area contributed by atoms with Crippen LogP contribution in [0.15, 0.2) is 58.7 Å². The van der Waals surface area contributed by atoms with E-state index in [1.165, 1.54) is 0 Å². The molecular weight excluding hydrogens is 318 g/mol. The molecule has 0 aliphatic heterocycles. The number of aromatic nitrogens is 3. The Kier molecular flexibility index (Phi) is 5.48. The molecule has 0 unspecified atom stereocenters. The summed E-state index contributed by atoms with van der Waals surface area (Å²) in [5, 5.41) is 4.78. The Morgan fingerprint density at radius 3 is 2.84 bits per heavy atom. The van der Waals surface area contributed by atoms with Crippen molar-refractivity contribution >= 4 is 23.1 Å². The van der Waals surface area contributed by atoms with E-state index in [1.54, 1.807) is 36.4 Å². The largest absolute Gasteiger partial charge is 0.385 e. The first-order valence-corrected chi connectivity index (χ1v) is 7.97. The molecule has 0 aliphatic carbocycles. The molecule has 25 heavy (non-hydrogen) atoms. The lowest BCUT2D eigenvalue weighted by Gasteiger charge is -2.12. The lowest BCUT2D eigenvalue weighted by Crippen LogP contribution is -2.24. The Morgan fingerprint density at radius 1 is 1.24 bits per heavy atom. The van der Waals surface area contributed by atoms with Crippen LogP contribution in [0.5, 0.6) is 0 Å². The smallest absolute Gasteiger partial charge is 0.262 e. The number of hydrazone groups is 1. The van der Waals surface area contributed by atoms with Gasteiger partial charge in [-0.05, 0) is 36.2 Å². The summed E-state index contributed by atoms with van der Waals surface area (Å²) in [7, 11) is 1.64. The van der Waals surface area contributed by atoms with Crippen molar-refractivity contribution in [2.24, 2.45) is 5.10 Å². The van der Waals surface area contributed by atoms with Crippen molar-refractivity contribution < 1.29 is 4.74 Å². The Bertz CT molecular complexity index is 922. The number of nitrogens with zero attached hydrogens (tertiary/aromatic N) is 4. The van der Waals surface area contributed by atoms with Crippen LogP contribution in [0.4, 0.5) is 5.95 Å². The van der Waals surface area contributed by atoms with E-state index in [-0.39, 0.29) is 5.56 Å². The van der Waals surface area contributed by atoms with Crippen molar-refractivity contribution in [1.29, 1.82) is 0 Å². The number of rotatable bonds is 7. The van der Waals surface area contributed by atoms with E-state index in [0.717, 1.165) is 5.56 Å². The average Bonchev–Trinajstić information content (AvgIpc) is 2.65. The van der Waals surface area contributed by atoms with E-state index in [2.05, 4.69) is 20.5 Å². The van der Waals surface area contributed by atoms with Gasteiger partial charge in [0.1, 0.15) is 0 Å². The summed E-state index contributed by atoms with van der Waals surface area (Å²) in [6.45, 7) is 1.07. The molecule has 7 heteroatoms. The number of ether oxygens (including phenoxy) is 1. The minimum Gasteiger partial charge on any atom is -0.385 e. The molecule has 2 heterocycles. The van der Waals surface area contributed by atoms with Gasteiger partial charge in [-0.25, -0.2) is 10.4 Å². The summed E-state index contributed by atoms with van der Waals surface area (Å²) < 4.78 is 6.67. The van der Waals surface area contributed by atoms with E-state index in [9.17, 15) is 4.79 Å². The van der Waals surface area contributed by atoms with Gasteiger partial charge >= 0.3 is 0 Å². The van der Waals surface area contributed by atoms with Crippen molar-refractivity contribution in [3.05, 3.63) is 64.7 Å². The van der Waals surface area contributed by atoms with E-state index in [4.69, 9.17) is 4.74 Å². The van der Waals surface area contributed by atoms with Crippen LogP contribution in [0.3, 0.4) is 0 Å². The van der Waals surface area contributed by atoms with E-state index >= 15 is 0 Å². The topological polar surface area (TPSA) is 81.4 Å². The van der Waals surface area contributed by atoms with Crippen LogP contribution in [-0.4, -0.2) is 34.5 Å². The minimum atomic E-state index is -0.0942. The number of anilines is 1. The third-order valence-corrected chi connectivity index (χ3v) is 3.68. The molecule has 3 rings (SSSR count). The van der Waals surface area contributed by atoms with Crippen LogP contribution < -0.4 is 11.0 Å². The maximum Gasteiger partial charge on any atom is 0.262 e. The maximum absolute atomic E-state index is 12.8. The van der Waals surface area contributed by atoms with Gasteiger partial charge < -0.3 is 4.74 Å². The summed E-state index contributed by atoms with van der Waals surface area (Å²) >= 11 is 0. The summed E-state index contributed by atoms with van der Waals surface area (Å²) in [5.74, 6) is 0.408. The second-order valence-corrected chi connectivity index (χ2v) is 5.41. The fourth-order valence-electron chi connectivity index (χ4n) is 2.44.